The van der Waals surface area contributed by atoms with Crippen LogP contribution in [0.5, 0.6) is 0 Å². The molecule has 1 aromatic carbocycles. The van der Waals surface area contributed by atoms with Crippen molar-refractivity contribution in [3.63, 3.8) is 0 Å². The van der Waals surface area contributed by atoms with Crippen LogP contribution in [0.15, 0.2) is 24.3 Å². The van der Waals surface area contributed by atoms with E-state index in [4.69, 9.17) is 5.11 Å². The maximum absolute atomic E-state index is 9.04. The van der Waals surface area contributed by atoms with Gasteiger partial charge in [0.15, 0.2) is 11.6 Å². The van der Waals surface area contributed by atoms with Crippen LogP contribution < -0.4 is 0 Å². The first-order valence-electron chi connectivity index (χ1n) is 7.14. The summed E-state index contributed by atoms with van der Waals surface area (Å²) in [7, 11) is 0. The Morgan fingerprint density at radius 3 is 2.85 bits per heavy atom. The van der Waals surface area contributed by atoms with Crippen molar-refractivity contribution in [3.05, 3.63) is 35.7 Å². The number of aliphatic hydroxyl groups is 1. The second-order valence-electron chi connectivity index (χ2n) is 5.31. The van der Waals surface area contributed by atoms with E-state index >= 15 is 0 Å². The van der Waals surface area contributed by atoms with Crippen molar-refractivity contribution in [2.24, 2.45) is 0 Å². The summed E-state index contributed by atoms with van der Waals surface area (Å²) < 4.78 is 0. The van der Waals surface area contributed by atoms with E-state index in [0.29, 0.717) is 17.7 Å². The molecular weight excluding hydrogens is 252 g/mol. The lowest BCUT2D eigenvalue weighted by Gasteiger charge is -2.24. The molecule has 1 aliphatic heterocycles. The van der Waals surface area contributed by atoms with Gasteiger partial charge < -0.3 is 5.11 Å². The number of nitrogens with one attached hydrogen (secondary N) is 1. The largest absolute Gasteiger partial charge is 0.388 e. The Hall–Kier alpha value is -1.72. The molecule has 1 aromatic heterocycles. The lowest BCUT2D eigenvalue weighted by Crippen LogP contribution is -2.23. The number of rotatable bonds is 4. The van der Waals surface area contributed by atoms with E-state index in [0.717, 1.165) is 5.56 Å². The zero-order valence-electron chi connectivity index (χ0n) is 11.7. The Morgan fingerprint density at radius 1 is 1.35 bits per heavy atom. The number of aromatic nitrogens is 3. The van der Waals surface area contributed by atoms with E-state index in [-0.39, 0.29) is 6.61 Å². The molecule has 0 unspecified atom stereocenters. The van der Waals surface area contributed by atoms with Gasteiger partial charge in [-0.05, 0) is 44.5 Å². The molecule has 1 aliphatic rings. The number of benzene rings is 1. The summed E-state index contributed by atoms with van der Waals surface area (Å²) in [5.74, 6) is 1.14. The molecule has 0 amide bonds. The highest BCUT2D eigenvalue weighted by molar-refractivity contribution is 5.56. The lowest BCUT2D eigenvalue weighted by molar-refractivity contribution is 0.263. The average Bonchev–Trinajstić information content (AvgIpc) is 3.17. The molecule has 106 valence electrons. The van der Waals surface area contributed by atoms with Gasteiger partial charge in [0.05, 0.1) is 0 Å². The molecule has 0 bridgehead atoms. The summed E-state index contributed by atoms with van der Waals surface area (Å²) in [6, 6.07) is 8.78. The van der Waals surface area contributed by atoms with Crippen molar-refractivity contribution < 1.29 is 5.11 Å². The van der Waals surface area contributed by atoms with Gasteiger partial charge in [-0.25, -0.2) is 4.98 Å². The zero-order chi connectivity index (χ0) is 13.9. The van der Waals surface area contributed by atoms with Crippen molar-refractivity contribution >= 4 is 0 Å². The van der Waals surface area contributed by atoms with Gasteiger partial charge in [-0.2, -0.15) is 5.10 Å². The first kappa shape index (κ1) is 13.3. The standard InChI is InChI=1S/C15H20N4O/c1-11(19-7-2-3-8-19)12-5-4-6-13(9-12)15-16-14(10-20)17-18-15/h4-6,9,11,20H,2-3,7-8,10H2,1H3,(H,16,17,18)/t11-/m0/s1. The molecule has 3 rings (SSSR count). The molecule has 5 heteroatoms. The van der Waals surface area contributed by atoms with Crippen molar-refractivity contribution in [1.82, 2.24) is 20.1 Å². The SMILES string of the molecule is C[C@@H](c1cccc(-c2n[nH]c(CO)n2)c1)N1CCCC1. The quantitative estimate of drug-likeness (QED) is 0.895. The molecule has 0 radical (unpaired) electrons. The number of H-pyrrole nitrogens is 1. The summed E-state index contributed by atoms with van der Waals surface area (Å²) in [6.07, 6.45) is 2.59. The molecule has 2 heterocycles. The molecule has 0 aliphatic carbocycles. The molecular formula is C15H20N4O. The first-order chi connectivity index (χ1) is 9.78. The molecule has 20 heavy (non-hydrogen) atoms. The third-order valence-corrected chi connectivity index (χ3v) is 4.00. The van der Waals surface area contributed by atoms with E-state index < -0.39 is 0 Å². The van der Waals surface area contributed by atoms with Crippen LogP contribution in [-0.2, 0) is 6.61 Å². The van der Waals surface area contributed by atoms with Gasteiger partial charge >= 0.3 is 0 Å². The van der Waals surface area contributed by atoms with Crippen molar-refractivity contribution in [2.75, 3.05) is 13.1 Å². The van der Waals surface area contributed by atoms with E-state index in [1.54, 1.807) is 0 Å². The molecule has 1 fully saturated rings. The van der Waals surface area contributed by atoms with Crippen LogP contribution in [0.3, 0.4) is 0 Å². The molecule has 2 aromatic rings. The van der Waals surface area contributed by atoms with E-state index in [2.05, 4.69) is 39.1 Å². The maximum Gasteiger partial charge on any atom is 0.181 e. The molecule has 1 saturated heterocycles. The van der Waals surface area contributed by atoms with Gasteiger partial charge in [0.25, 0.3) is 0 Å². The van der Waals surface area contributed by atoms with Gasteiger partial charge in [-0.15, -0.1) is 0 Å². The predicted octanol–water partition coefficient (Wildman–Crippen LogP) is 2.12. The third-order valence-electron chi connectivity index (χ3n) is 4.00. The molecule has 1 atom stereocenters. The van der Waals surface area contributed by atoms with Crippen molar-refractivity contribution in [3.8, 4) is 11.4 Å². The van der Waals surface area contributed by atoms with Crippen molar-refractivity contribution in [1.29, 1.82) is 0 Å². The Kier molecular flexibility index (Phi) is 3.80. The second kappa shape index (κ2) is 5.73. The lowest BCUT2D eigenvalue weighted by atomic mass is 10.0. The van der Waals surface area contributed by atoms with E-state index in [1.807, 2.05) is 12.1 Å². The fourth-order valence-corrected chi connectivity index (χ4v) is 2.77. The number of aromatic amines is 1. The first-order valence-corrected chi connectivity index (χ1v) is 7.14. The van der Waals surface area contributed by atoms with Crippen LogP contribution in [0.2, 0.25) is 0 Å². The number of aliphatic hydroxyl groups excluding tert-OH is 1. The molecule has 0 spiro atoms. The minimum atomic E-state index is -0.114. The summed E-state index contributed by atoms with van der Waals surface area (Å²) in [6.45, 7) is 4.50. The molecule has 2 N–H and O–H groups in total. The Morgan fingerprint density at radius 2 is 2.15 bits per heavy atom. The number of hydrogen-bond acceptors (Lipinski definition) is 4. The highest BCUT2D eigenvalue weighted by atomic mass is 16.3. The Balaban J connectivity index is 1.85. The van der Waals surface area contributed by atoms with Gasteiger partial charge in [0.1, 0.15) is 6.61 Å². The topological polar surface area (TPSA) is 65.0 Å². The Bertz CT molecular complexity index is 575. The van der Waals surface area contributed by atoms with Gasteiger partial charge in [0, 0.05) is 11.6 Å². The average molecular weight is 272 g/mol. The van der Waals surface area contributed by atoms with Crippen LogP contribution in [0.1, 0.15) is 37.2 Å². The van der Waals surface area contributed by atoms with Gasteiger partial charge in [0.2, 0.25) is 0 Å². The highest BCUT2D eigenvalue weighted by Crippen LogP contribution is 2.27. The van der Waals surface area contributed by atoms with Crippen LogP contribution in [0.4, 0.5) is 0 Å². The van der Waals surface area contributed by atoms with Crippen LogP contribution in [-0.4, -0.2) is 38.3 Å². The normalized spacial score (nSPS) is 17.5. The van der Waals surface area contributed by atoms with E-state index in [9.17, 15) is 0 Å². The monoisotopic (exact) mass is 272 g/mol. The van der Waals surface area contributed by atoms with E-state index in [1.165, 1.54) is 31.5 Å². The van der Waals surface area contributed by atoms with Crippen LogP contribution in [0.25, 0.3) is 11.4 Å². The summed E-state index contributed by atoms with van der Waals surface area (Å²) in [5.41, 5.74) is 2.28. The van der Waals surface area contributed by atoms with Crippen LogP contribution in [0, 0.1) is 0 Å². The van der Waals surface area contributed by atoms with Crippen molar-refractivity contribution in [2.45, 2.75) is 32.4 Å². The minimum Gasteiger partial charge on any atom is -0.388 e. The fourth-order valence-electron chi connectivity index (χ4n) is 2.77. The summed E-state index contributed by atoms with van der Waals surface area (Å²) in [5, 5.41) is 15.9. The zero-order valence-corrected chi connectivity index (χ0v) is 11.7. The van der Waals surface area contributed by atoms with Crippen LogP contribution >= 0.6 is 0 Å². The minimum absolute atomic E-state index is 0.114. The molecule has 0 saturated carbocycles. The van der Waals surface area contributed by atoms with Gasteiger partial charge in [-0.3, -0.25) is 10.00 Å². The predicted molar refractivity (Wildman–Crippen MR) is 77.0 cm³/mol. The summed E-state index contributed by atoms with van der Waals surface area (Å²) >= 11 is 0. The van der Waals surface area contributed by atoms with Gasteiger partial charge in [-0.1, -0.05) is 18.2 Å². The number of nitrogens with zero attached hydrogens (tertiary/aromatic N) is 3. The number of likely N-dealkylation sites (tertiary alicyclic amines) is 1. The smallest absolute Gasteiger partial charge is 0.181 e. The fraction of sp³-hybridized carbons (Fsp3) is 0.467. The number of hydrogen-bond donors (Lipinski definition) is 2. The third kappa shape index (κ3) is 2.59. The second-order valence-corrected chi connectivity index (χ2v) is 5.31. The summed E-state index contributed by atoms with van der Waals surface area (Å²) in [4.78, 5) is 6.78. The maximum atomic E-state index is 9.04. The Labute approximate surface area is 118 Å². The highest BCUT2D eigenvalue weighted by Gasteiger charge is 2.19. The molecule has 5 nitrogen and oxygen atoms in total.